The summed E-state index contributed by atoms with van der Waals surface area (Å²) < 4.78 is 20.3. The lowest BCUT2D eigenvalue weighted by Crippen LogP contribution is -2.22. The number of imidazole rings is 1. The number of pyridine rings is 1. The molecule has 3 aromatic rings. The van der Waals surface area contributed by atoms with Gasteiger partial charge in [-0.15, -0.1) is 0 Å². The van der Waals surface area contributed by atoms with Crippen LogP contribution in [0.2, 0.25) is 0 Å². The van der Waals surface area contributed by atoms with E-state index in [0.29, 0.717) is 16.9 Å². The van der Waals surface area contributed by atoms with E-state index in [1.54, 1.807) is 40.9 Å². The molecule has 0 aliphatic heterocycles. The van der Waals surface area contributed by atoms with Gasteiger partial charge in [0.2, 0.25) is 0 Å². The van der Waals surface area contributed by atoms with E-state index in [4.69, 9.17) is 4.74 Å². The van der Waals surface area contributed by atoms with Crippen molar-refractivity contribution in [2.75, 3.05) is 0 Å². The van der Waals surface area contributed by atoms with Crippen molar-refractivity contribution in [3.05, 3.63) is 65.9 Å². The van der Waals surface area contributed by atoms with Gasteiger partial charge in [0.25, 0.3) is 5.91 Å². The monoisotopic (exact) mass is 327 g/mol. The number of carbonyl (C=O) groups excluding carboxylic acids is 1. The van der Waals surface area contributed by atoms with Gasteiger partial charge < -0.3 is 14.5 Å². The Morgan fingerprint density at radius 3 is 2.67 bits per heavy atom. The number of nitrogens with one attached hydrogen (secondary N) is 1. The molecular weight excluding hydrogens is 309 g/mol. The van der Waals surface area contributed by atoms with Crippen LogP contribution in [0.1, 0.15) is 29.9 Å². The third-order valence-electron chi connectivity index (χ3n) is 3.38. The van der Waals surface area contributed by atoms with Gasteiger partial charge >= 0.3 is 0 Å². The average molecular weight is 327 g/mol. The molecule has 0 saturated carbocycles. The van der Waals surface area contributed by atoms with E-state index < -0.39 is 0 Å². The van der Waals surface area contributed by atoms with Gasteiger partial charge in [-0.2, -0.15) is 0 Å². The zero-order chi connectivity index (χ0) is 17.1. The highest BCUT2D eigenvalue weighted by Crippen LogP contribution is 2.14. The second-order valence-corrected chi connectivity index (χ2v) is 5.72. The lowest BCUT2D eigenvalue weighted by atomic mass is 10.2. The van der Waals surface area contributed by atoms with Crippen molar-refractivity contribution in [1.29, 1.82) is 0 Å². The maximum absolute atomic E-state index is 13.2. The highest BCUT2D eigenvalue weighted by molar-refractivity contribution is 5.94. The zero-order valence-electron chi connectivity index (χ0n) is 13.5. The Morgan fingerprint density at radius 2 is 1.96 bits per heavy atom. The standard InChI is InChI=1S/C18H18FN3O2/c1-12(2)24-16-6-3-13(4-7-16)18(23)20-9-15-11-22-10-14(19)5-8-17(22)21-15/h3-8,10-12H,9H2,1-2H3,(H,20,23). The first-order chi connectivity index (χ1) is 11.5. The van der Waals surface area contributed by atoms with Crippen molar-refractivity contribution in [2.24, 2.45) is 0 Å². The van der Waals surface area contributed by atoms with Crippen molar-refractivity contribution in [3.8, 4) is 5.75 Å². The second kappa shape index (κ2) is 6.70. The van der Waals surface area contributed by atoms with E-state index >= 15 is 0 Å². The van der Waals surface area contributed by atoms with Gasteiger partial charge in [-0.3, -0.25) is 4.79 Å². The first-order valence-corrected chi connectivity index (χ1v) is 7.69. The Balaban J connectivity index is 1.63. The summed E-state index contributed by atoms with van der Waals surface area (Å²) in [7, 11) is 0. The molecule has 0 spiro atoms. The summed E-state index contributed by atoms with van der Waals surface area (Å²) in [5, 5.41) is 2.80. The fourth-order valence-corrected chi connectivity index (χ4v) is 2.33. The largest absolute Gasteiger partial charge is 0.491 e. The Kier molecular flexibility index (Phi) is 4.46. The van der Waals surface area contributed by atoms with Crippen LogP contribution in [0.3, 0.4) is 0 Å². The van der Waals surface area contributed by atoms with Gasteiger partial charge in [0.05, 0.1) is 18.3 Å². The first kappa shape index (κ1) is 16.0. The number of halogens is 1. The Bertz CT molecular complexity index is 856. The maximum Gasteiger partial charge on any atom is 0.251 e. The lowest BCUT2D eigenvalue weighted by Gasteiger charge is -2.10. The summed E-state index contributed by atoms with van der Waals surface area (Å²) in [4.78, 5) is 16.5. The van der Waals surface area contributed by atoms with E-state index in [2.05, 4.69) is 10.3 Å². The number of fused-ring (bicyclic) bond motifs is 1. The minimum absolute atomic E-state index is 0.0876. The molecule has 0 fully saturated rings. The molecule has 124 valence electrons. The number of amides is 1. The molecule has 0 unspecified atom stereocenters. The number of hydrogen-bond acceptors (Lipinski definition) is 3. The Morgan fingerprint density at radius 1 is 1.21 bits per heavy atom. The fourth-order valence-electron chi connectivity index (χ4n) is 2.33. The second-order valence-electron chi connectivity index (χ2n) is 5.72. The summed E-state index contributed by atoms with van der Waals surface area (Å²) in [6, 6.07) is 9.91. The Hall–Kier alpha value is -2.89. The maximum atomic E-state index is 13.2. The van der Waals surface area contributed by atoms with Gasteiger partial charge in [0.15, 0.2) is 0 Å². The molecule has 5 nitrogen and oxygen atoms in total. The number of hydrogen-bond donors (Lipinski definition) is 1. The van der Waals surface area contributed by atoms with Crippen molar-refractivity contribution < 1.29 is 13.9 Å². The van der Waals surface area contributed by atoms with Crippen LogP contribution < -0.4 is 10.1 Å². The number of ether oxygens (including phenoxy) is 1. The molecule has 3 rings (SSSR count). The number of nitrogens with zero attached hydrogens (tertiary/aromatic N) is 2. The fraction of sp³-hybridized carbons (Fsp3) is 0.222. The van der Waals surface area contributed by atoms with Crippen LogP contribution in [0.15, 0.2) is 48.8 Å². The SMILES string of the molecule is CC(C)Oc1ccc(C(=O)NCc2cn3cc(F)ccc3n2)cc1. The van der Waals surface area contributed by atoms with E-state index in [1.807, 2.05) is 13.8 Å². The molecular formula is C18H18FN3O2. The zero-order valence-corrected chi connectivity index (χ0v) is 13.5. The van der Waals surface area contributed by atoms with Crippen LogP contribution in [0.5, 0.6) is 5.75 Å². The summed E-state index contributed by atoms with van der Waals surface area (Å²) in [5.41, 5.74) is 1.84. The molecule has 0 aliphatic rings. The van der Waals surface area contributed by atoms with Crippen LogP contribution in [0.25, 0.3) is 5.65 Å². The van der Waals surface area contributed by atoms with Crippen LogP contribution in [0.4, 0.5) is 4.39 Å². The number of aromatic nitrogens is 2. The van der Waals surface area contributed by atoms with Crippen molar-refractivity contribution in [2.45, 2.75) is 26.5 Å². The number of carbonyl (C=O) groups is 1. The molecule has 0 radical (unpaired) electrons. The predicted octanol–water partition coefficient (Wildman–Crippen LogP) is 3.19. The van der Waals surface area contributed by atoms with Gasteiger partial charge in [-0.05, 0) is 50.2 Å². The minimum Gasteiger partial charge on any atom is -0.491 e. The van der Waals surface area contributed by atoms with E-state index in [-0.39, 0.29) is 24.4 Å². The topological polar surface area (TPSA) is 55.6 Å². The first-order valence-electron chi connectivity index (χ1n) is 7.69. The third-order valence-corrected chi connectivity index (χ3v) is 3.38. The highest BCUT2D eigenvalue weighted by atomic mass is 19.1. The van der Waals surface area contributed by atoms with Crippen molar-refractivity contribution >= 4 is 11.6 Å². The van der Waals surface area contributed by atoms with Crippen molar-refractivity contribution in [1.82, 2.24) is 14.7 Å². The smallest absolute Gasteiger partial charge is 0.251 e. The number of benzene rings is 1. The summed E-state index contributed by atoms with van der Waals surface area (Å²) in [6.45, 7) is 4.16. The Labute approximate surface area is 139 Å². The molecule has 24 heavy (non-hydrogen) atoms. The number of rotatable bonds is 5. The summed E-state index contributed by atoms with van der Waals surface area (Å²) in [5.74, 6) is 0.192. The molecule has 1 N–H and O–H groups in total. The molecule has 2 aromatic heterocycles. The third kappa shape index (κ3) is 3.71. The van der Waals surface area contributed by atoms with Gasteiger partial charge in [-0.1, -0.05) is 0 Å². The van der Waals surface area contributed by atoms with Crippen molar-refractivity contribution in [3.63, 3.8) is 0 Å². The highest BCUT2D eigenvalue weighted by Gasteiger charge is 2.08. The molecule has 0 atom stereocenters. The minimum atomic E-state index is -0.334. The van der Waals surface area contributed by atoms with Crippen LogP contribution in [0, 0.1) is 5.82 Å². The van der Waals surface area contributed by atoms with Gasteiger partial charge in [0.1, 0.15) is 17.2 Å². The van der Waals surface area contributed by atoms with Crippen LogP contribution in [-0.2, 0) is 6.54 Å². The molecule has 0 bridgehead atoms. The molecule has 0 aliphatic carbocycles. The van der Waals surface area contributed by atoms with E-state index in [9.17, 15) is 9.18 Å². The quantitative estimate of drug-likeness (QED) is 0.783. The molecule has 6 heteroatoms. The van der Waals surface area contributed by atoms with Crippen LogP contribution in [-0.4, -0.2) is 21.4 Å². The van der Waals surface area contributed by atoms with Gasteiger partial charge in [0, 0.05) is 18.0 Å². The van der Waals surface area contributed by atoms with E-state index in [1.165, 1.54) is 12.3 Å². The molecule has 0 saturated heterocycles. The van der Waals surface area contributed by atoms with Crippen LogP contribution >= 0.6 is 0 Å². The molecule has 1 aromatic carbocycles. The molecule has 2 heterocycles. The summed E-state index contributed by atoms with van der Waals surface area (Å²) >= 11 is 0. The molecule has 1 amide bonds. The summed E-state index contributed by atoms with van der Waals surface area (Å²) in [6.07, 6.45) is 3.13. The predicted molar refractivity (Wildman–Crippen MR) is 88.5 cm³/mol. The normalized spacial score (nSPS) is 11.0. The lowest BCUT2D eigenvalue weighted by molar-refractivity contribution is 0.0950. The van der Waals surface area contributed by atoms with Gasteiger partial charge in [-0.25, -0.2) is 9.37 Å². The van der Waals surface area contributed by atoms with E-state index in [0.717, 1.165) is 5.75 Å². The average Bonchev–Trinajstić information content (AvgIpc) is 2.94.